The van der Waals surface area contributed by atoms with Gasteiger partial charge in [-0.1, -0.05) is 6.58 Å². The zero-order valence-electron chi connectivity index (χ0n) is 10.3. The van der Waals surface area contributed by atoms with Gasteiger partial charge < -0.3 is 14.6 Å². The fourth-order valence-electron chi connectivity index (χ4n) is 0.924. The van der Waals surface area contributed by atoms with E-state index in [0.717, 1.165) is 0 Å². The second-order valence-corrected chi connectivity index (χ2v) is 3.43. The largest absolute Gasteiger partial charge is 1.00 e. The average molecular weight is 250 g/mol. The van der Waals surface area contributed by atoms with E-state index in [2.05, 4.69) is 6.58 Å². The third-order valence-corrected chi connectivity index (χ3v) is 1.79. The van der Waals surface area contributed by atoms with Crippen molar-refractivity contribution in [3.8, 4) is 0 Å². The molecule has 17 heavy (non-hydrogen) atoms. The molecule has 0 rings (SSSR count). The van der Waals surface area contributed by atoms with Gasteiger partial charge in [-0.2, -0.15) is 0 Å². The fraction of sp³-hybridized carbons (Fsp3) is 0.545. The van der Waals surface area contributed by atoms with Crippen LogP contribution >= 0.6 is 0 Å². The van der Waals surface area contributed by atoms with E-state index >= 15 is 0 Å². The van der Waals surface area contributed by atoms with Crippen LogP contribution < -0.4 is 34.7 Å². The van der Waals surface area contributed by atoms with Gasteiger partial charge >= 0.3 is 35.5 Å². The predicted molar refractivity (Wildman–Crippen MR) is 54.3 cm³/mol. The molecule has 0 N–H and O–H groups in total. The number of Topliss-reactive ketones (excluding diaryl/α,β-unsaturated/α-hetero) is 1. The summed E-state index contributed by atoms with van der Waals surface area (Å²) in [5.41, 5.74) is 0.309. The maximum absolute atomic E-state index is 11.1. The number of hydrogen-bond donors (Lipinski definition) is 0. The summed E-state index contributed by atoms with van der Waals surface area (Å²) in [5.74, 6) is -1.89. The van der Waals surface area contributed by atoms with Crippen LogP contribution in [-0.4, -0.2) is 24.3 Å². The quantitative estimate of drug-likeness (QED) is 0.198. The Bertz CT molecular complexity index is 298. The van der Waals surface area contributed by atoms with Crippen LogP contribution in [-0.2, 0) is 19.1 Å². The number of ketones is 1. The molecule has 0 amide bonds. The van der Waals surface area contributed by atoms with Crippen LogP contribution in [0.4, 0.5) is 0 Å². The summed E-state index contributed by atoms with van der Waals surface area (Å²) in [5, 5.41) is 10.1. The normalized spacial score (nSPS) is 9.00. The number of esters is 1. The topological polar surface area (TPSA) is 83.5 Å². The Morgan fingerprint density at radius 2 is 1.76 bits per heavy atom. The van der Waals surface area contributed by atoms with Gasteiger partial charge in [0.1, 0.15) is 5.78 Å². The van der Waals surface area contributed by atoms with Crippen molar-refractivity contribution in [2.75, 3.05) is 6.61 Å². The maximum atomic E-state index is 11.1. The first-order chi connectivity index (χ1) is 7.43. The molecule has 0 bridgehead atoms. The van der Waals surface area contributed by atoms with E-state index in [0.29, 0.717) is 12.0 Å². The minimum Gasteiger partial charge on any atom is -0.550 e. The Morgan fingerprint density at radius 1 is 1.18 bits per heavy atom. The van der Waals surface area contributed by atoms with Gasteiger partial charge in [0.15, 0.2) is 0 Å². The van der Waals surface area contributed by atoms with E-state index in [1.54, 1.807) is 0 Å². The Labute approximate surface area is 123 Å². The van der Waals surface area contributed by atoms with Gasteiger partial charge in [-0.3, -0.25) is 4.79 Å². The molecule has 0 unspecified atom stereocenters. The molecule has 0 aromatic heterocycles. The van der Waals surface area contributed by atoms with Crippen molar-refractivity contribution in [3.05, 3.63) is 12.2 Å². The van der Waals surface area contributed by atoms with Gasteiger partial charge in [0, 0.05) is 24.4 Å². The molecule has 0 aliphatic carbocycles. The molecule has 5 nitrogen and oxygen atoms in total. The molecule has 0 spiro atoms. The van der Waals surface area contributed by atoms with Crippen molar-refractivity contribution in [3.63, 3.8) is 0 Å². The molecule has 0 atom stereocenters. The average Bonchev–Trinajstić information content (AvgIpc) is 2.20. The van der Waals surface area contributed by atoms with Crippen LogP contribution in [0.5, 0.6) is 0 Å². The molecule has 0 heterocycles. The Kier molecular flexibility index (Phi) is 11.6. The number of ether oxygens (including phenoxy) is 1. The van der Waals surface area contributed by atoms with Crippen LogP contribution in [0, 0.1) is 0 Å². The standard InChI is InChI=1S/C11H16O5.Na/c1-8(2)11(15)16-7-3-4-9(12)5-6-10(13)14;/h1,3-7H2,2H3,(H,13,14);/q;+1/p-1. The van der Waals surface area contributed by atoms with Gasteiger partial charge in [-0.05, 0) is 19.8 Å². The van der Waals surface area contributed by atoms with Crippen molar-refractivity contribution >= 4 is 17.7 Å². The van der Waals surface area contributed by atoms with E-state index in [4.69, 9.17) is 4.74 Å². The maximum Gasteiger partial charge on any atom is 1.00 e. The fourth-order valence-corrected chi connectivity index (χ4v) is 0.924. The van der Waals surface area contributed by atoms with E-state index in [-0.39, 0.29) is 61.2 Å². The van der Waals surface area contributed by atoms with E-state index in [9.17, 15) is 19.5 Å². The number of carbonyl (C=O) groups is 3. The van der Waals surface area contributed by atoms with Crippen LogP contribution in [0.25, 0.3) is 0 Å². The third kappa shape index (κ3) is 11.6. The SMILES string of the molecule is C=C(C)C(=O)OCCCC(=O)CCC(=O)[O-].[Na+]. The van der Waals surface area contributed by atoms with Gasteiger partial charge in [-0.15, -0.1) is 0 Å². The number of hydrogen-bond acceptors (Lipinski definition) is 5. The van der Waals surface area contributed by atoms with Gasteiger partial charge in [0.05, 0.1) is 6.61 Å². The van der Waals surface area contributed by atoms with Crippen LogP contribution in [0.3, 0.4) is 0 Å². The zero-order chi connectivity index (χ0) is 12.6. The minimum atomic E-state index is -1.23. The Balaban J connectivity index is 0. The predicted octanol–water partition coefficient (Wildman–Crippen LogP) is -3.01. The monoisotopic (exact) mass is 250 g/mol. The summed E-state index contributed by atoms with van der Waals surface area (Å²) >= 11 is 0. The zero-order valence-corrected chi connectivity index (χ0v) is 12.3. The van der Waals surface area contributed by atoms with E-state index in [1.165, 1.54) is 6.92 Å². The minimum absolute atomic E-state index is 0. The van der Waals surface area contributed by atoms with Crippen molar-refractivity contribution in [1.82, 2.24) is 0 Å². The van der Waals surface area contributed by atoms with Gasteiger partial charge in [0.2, 0.25) is 0 Å². The van der Waals surface area contributed by atoms with Crippen molar-refractivity contribution in [2.45, 2.75) is 32.6 Å². The molecule has 0 aliphatic rings. The first-order valence-electron chi connectivity index (χ1n) is 4.97. The molecule has 0 saturated heterocycles. The molecule has 0 aliphatic heterocycles. The molecule has 0 aromatic rings. The van der Waals surface area contributed by atoms with Crippen molar-refractivity contribution in [2.24, 2.45) is 0 Å². The number of carboxylic acid groups (broad SMARTS) is 1. The molecule has 0 fully saturated rings. The van der Waals surface area contributed by atoms with Crippen LogP contribution in [0.2, 0.25) is 0 Å². The number of aliphatic carboxylic acids is 1. The molecule has 0 saturated carbocycles. The Morgan fingerprint density at radius 3 is 2.24 bits per heavy atom. The Hall–Kier alpha value is -0.650. The summed E-state index contributed by atoms with van der Waals surface area (Å²) in [4.78, 5) is 32.0. The van der Waals surface area contributed by atoms with Crippen molar-refractivity contribution < 1.29 is 53.8 Å². The smallest absolute Gasteiger partial charge is 0.550 e. The van der Waals surface area contributed by atoms with Crippen molar-refractivity contribution in [1.29, 1.82) is 0 Å². The van der Waals surface area contributed by atoms with Crippen LogP contribution in [0.15, 0.2) is 12.2 Å². The summed E-state index contributed by atoms with van der Waals surface area (Å²) in [6.07, 6.45) is 0.308. The summed E-state index contributed by atoms with van der Waals surface area (Å²) in [6, 6.07) is 0. The molecule has 0 radical (unpaired) electrons. The summed E-state index contributed by atoms with van der Waals surface area (Å²) in [7, 11) is 0. The molecule has 0 aromatic carbocycles. The van der Waals surface area contributed by atoms with Gasteiger partial charge in [0.25, 0.3) is 0 Å². The van der Waals surface area contributed by atoms with Crippen LogP contribution in [0.1, 0.15) is 32.6 Å². The molecule has 6 heteroatoms. The number of carboxylic acids is 1. The molecule has 90 valence electrons. The van der Waals surface area contributed by atoms with E-state index in [1.807, 2.05) is 0 Å². The second kappa shape index (κ2) is 10.5. The first kappa shape index (κ1) is 18.7. The molecular formula is C11H15NaO5. The summed E-state index contributed by atoms with van der Waals surface area (Å²) in [6.45, 7) is 5.08. The van der Waals surface area contributed by atoms with Gasteiger partial charge in [-0.25, -0.2) is 4.79 Å². The number of rotatable bonds is 8. The number of carbonyl (C=O) groups excluding carboxylic acids is 3. The van der Waals surface area contributed by atoms with E-state index < -0.39 is 11.9 Å². The second-order valence-electron chi connectivity index (χ2n) is 3.43. The summed E-state index contributed by atoms with van der Waals surface area (Å²) < 4.78 is 4.76. The first-order valence-corrected chi connectivity index (χ1v) is 4.97. The third-order valence-electron chi connectivity index (χ3n) is 1.79. The molecular weight excluding hydrogens is 235 g/mol.